The van der Waals surface area contributed by atoms with Crippen LogP contribution in [0.15, 0.2) is 45.8 Å². The number of hydrogen-bond donors (Lipinski definition) is 0. The molecular formula is C21H17BrClNO5S. The van der Waals surface area contributed by atoms with E-state index in [0.29, 0.717) is 38.7 Å². The molecule has 0 radical (unpaired) electrons. The number of amides is 2. The van der Waals surface area contributed by atoms with Crippen LogP contribution in [0.2, 0.25) is 5.02 Å². The molecule has 1 fully saturated rings. The number of methoxy groups -OCH3 is 1. The number of hydrogen-bond acceptors (Lipinski definition) is 6. The summed E-state index contributed by atoms with van der Waals surface area (Å²) in [6.07, 6.45) is 1.58. The zero-order chi connectivity index (χ0) is 21.8. The predicted octanol–water partition coefficient (Wildman–Crippen LogP) is 5.43. The summed E-state index contributed by atoms with van der Waals surface area (Å²) in [4.78, 5) is 38.7. The fraction of sp³-hybridized carbons (Fsp3) is 0.190. The summed E-state index contributed by atoms with van der Waals surface area (Å²) in [5.41, 5.74) is 1.03. The highest BCUT2D eigenvalue weighted by molar-refractivity contribution is 9.10. The van der Waals surface area contributed by atoms with E-state index in [0.717, 1.165) is 16.7 Å². The molecular weight excluding hydrogens is 494 g/mol. The summed E-state index contributed by atoms with van der Waals surface area (Å²) in [6, 6.07) is 9.76. The summed E-state index contributed by atoms with van der Waals surface area (Å²) < 4.78 is 11.6. The van der Waals surface area contributed by atoms with Crippen molar-refractivity contribution in [2.24, 2.45) is 0 Å². The zero-order valence-corrected chi connectivity index (χ0v) is 19.3. The Kier molecular flexibility index (Phi) is 7.23. The first-order valence-electron chi connectivity index (χ1n) is 8.88. The van der Waals surface area contributed by atoms with Crippen molar-refractivity contribution in [2.45, 2.75) is 6.92 Å². The van der Waals surface area contributed by atoms with E-state index >= 15 is 0 Å². The predicted molar refractivity (Wildman–Crippen MR) is 120 cm³/mol. The maximum atomic E-state index is 12.7. The van der Waals surface area contributed by atoms with Gasteiger partial charge in [0.2, 0.25) is 0 Å². The molecule has 2 aromatic carbocycles. The van der Waals surface area contributed by atoms with Gasteiger partial charge in [0.05, 0.1) is 29.6 Å². The maximum Gasteiger partial charge on any atom is 0.293 e. The highest BCUT2D eigenvalue weighted by Crippen LogP contribution is 2.39. The summed E-state index contributed by atoms with van der Waals surface area (Å²) in [5, 5.41) is 0.00289. The van der Waals surface area contributed by atoms with Gasteiger partial charge in [0, 0.05) is 10.6 Å². The fourth-order valence-electron chi connectivity index (χ4n) is 2.77. The Labute approximate surface area is 191 Å². The smallest absolute Gasteiger partial charge is 0.293 e. The minimum atomic E-state index is -0.517. The van der Waals surface area contributed by atoms with Crippen LogP contribution in [0.4, 0.5) is 4.79 Å². The van der Waals surface area contributed by atoms with Crippen molar-refractivity contribution in [2.75, 3.05) is 20.3 Å². The number of ketones is 1. The van der Waals surface area contributed by atoms with Crippen LogP contribution in [-0.4, -0.2) is 42.1 Å². The molecule has 0 saturated carbocycles. The average molecular weight is 511 g/mol. The Morgan fingerprint density at radius 2 is 1.93 bits per heavy atom. The van der Waals surface area contributed by atoms with Gasteiger partial charge in [-0.1, -0.05) is 11.6 Å². The van der Waals surface area contributed by atoms with Crippen molar-refractivity contribution in [3.63, 3.8) is 0 Å². The number of nitrogens with zero attached hydrogens (tertiary/aromatic N) is 1. The van der Waals surface area contributed by atoms with Crippen molar-refractivity contribution < 1.29 is 23.9 Å². The fourth-order valence-corrected chi connectivity index (χ4v) is 4.30. The number of imide groups is 1. The van der Waals surface area contributed by atoms with Crippen LogP contribution in [0.3, 0.4) is 0 Å². The lowest BCUT2D eigenvalue weighted by Crippen LogP contribution is -2.33. The quantitative estimate of drug-likeness (QED) is 0.365. The van der Waals surface area contributed by atoms with Gasteiger partial charge >= 0.3 is 0 Å². The van der Waals surface area contributed by atoms with E-state index in [1.165, 1.54) is 7.11 Å². The largest absolute Gasteiger partial charge is 0.493 e. The standard InChI is InChI=1S/C21H17BrClNO5S/c1-3-29-19-15(22)8-12(9-17(19)28-2)10-18-20(26)24(21(27)30-18)11-16(25)13-4-6-14(23)7-5-13/h4-10H,3,11H2,1-2H3/b18-10+. The molecule has 1 aliphatic rings. The van der Waals surface area contributed by atoms with Gasteiger partial charge in [0.1, 0.15) is 0 Å². The summed E-state index contributed by atoms with van der Waals surface area (Å²) in [6.45, 7) is 2.00. The molecule has 2 aromatic rings. The maximum absolute atomic E-state index is 12.7. The molecule has 0 aliphatic carbocycles. The number of rotatable bonds is 7. The third-order valence-electron chi connectivity index (χ3n) is 4.18. The van der Waals surface area contributed by atoms with E-state index in [2.05, 4.69) is 15.9 Å². The van der Waals surface area contributed by atoms with Gasteiger partial charge in [0.15, 0.2) is 17.3 Å². The number of thioether (sulfide) groups is 1. The van der Waals surface area contributed by atoms with Crippen molar-refractivity contribution in [1.29, 1.82) is 0 Å². The highest BCUT2D eigenvalue weighted by Gasteiger charge is 2.36. The SMILES string of the molecule is CCOc1c(Br)cc(/C=C2/SC(=O)N(CC(=O)c3ccc(Cl)cc3)C2=O)cc1OC. The second-order valence-corrected chi connectivity index (χ2v) is 8.45. The molecule has 0 spiro atoms. The van der Waals surface area contributed by atoms with Crippen LogP contribution < -0.4 is 9.47 Å². The molecule has 1 saturated heterocycles. The van der Waals surface area contributed by atoms with Gasteiger partial charge in [-0.3, -0.25) is 19.3 Å². The number of benzene rings is 2. The lowest BCUT2D eigenvalue weighted by atomic mass is 10.1. The Morgan fingerprint density at radius 1 is 1.23 bits per heavy atom. The molecule has 1 heterocycles. The minimum Gasteiger partial charge on any atom is -0.493 e. The first kappa shape index (κ1) is 22.4. The van der Waals surface area contributed by atoms with Crippen molar-refractivity contribution in [3.05, 3.63) is 61.9 Å². The van der Waals surface area contributed by atoms with E-state index < -0.39 is 11.1 Å². The molecule has 0 aromatic heterocycles. The van der Waals surface area contributed by atoms with Gasteiger partial charge < -0.3 is 9.47 Å². The van der Waals surface area contributed by atoms with Crippen LogP contribution in [0, 0.1) is 0 Å². The minimum absolute atomic E-state index is 0.224. The molecule has 0 N–H and O–H groups in total. The molecule has 30 heavy (non-hydrogen) atoms. The van der Waals surface area contributed by atoms with E-state index in [4.69, 9.17) is 21.1 Å². The van der Waals surface area contributed by atoms with Crippen LogP contribution in [0.5, 0.6) is 11.5 Å². The Hall–Kier alpha value is -2.29. The second kappa shape index (κ2) is 9.68. The van der Waals surface area contributed by atoms with Crippen molar-refractivity contribution in [3.8, 4) is 11.5 Å². The number of halogens is 2. The van der Waals surface area contributed by atoms with E-state index in [-0.39, 0.29) is 17.2 Å². The zero-order valence-electron chi connectivity index (χ0n) is 16.1. The van der Waals surface area contributed by atoms with Gasteiger partial charge in [-0.15, -0.1) is 0 Å². The molecule has 0 atom stereocenters. The Bertz CT molecular complexity index is 1040. The van der Waals surface area contributed by atoms with Gasteiger partial charge in [-0.2, -0.15) is 0 Å². The molecule has 1 aliphatic heterocycles. The average Bonchev–Trinajstić information content (AvgIpc) is 2.97. The van der Waals surface area contributed by atoms with E-state index in [1.807, 2.05) is 6.92 Å². The summed E-state index contributed by atoms with van der Waals surface area (Å²) >= 11 is 10.1. The van der Waals surface area contributed by atoms with Crippen molar-refractivity contribution in [1.82, 2.24) is 4.90 Å². The molecule has 9 heteroatoms. The van der Waals surface area contributed by atoms with Gasteiger partial charge in [-0.05, 0) is 82.7 Å². The number of ether oxygens (including phenoxy) is 2. The number of carbonyl (C=O) groups excluding carboxylic acids is 3. The van der Waals surface area contributed by atoms with E-state index in [1.54, 1.807) is 42.5 Å². The lowest BCUT2D eigenvalue weighted by Gasteiger charge is -2.12. The Morgan fingerprint density at radius 3 is 2.57 bits per heavy atom. The number of carbonyl (C=O) groups is 3. The van der Waals surface area contributed by atoms with E-state index in [9.17, 15) is 14.4 Å². The molecule has 3 rings (SSSR count). The first-order chi connectivity index (χ1) is 14.3. The monoisotopic (exact) mass is 509 g/mol. The van der Waals surface area contributed by atoms with Crippen LogP contribution >= 0.6 is 39.3 Å². The van der Waals surface area contributed by atoms with Crippen LogP contribution in [0.1, 0.15) is 22.8 Å². The topological polar surface area (TPSA) is 72.9 Å². The van der Waals surface area contributed by atoms with Crippen LogP contribution in [0.25, 0.3) is 6.08 Å². The second-order valence-electron chi connectivity index (χ2n) is 6.17. The van der Waals surface area contributed by atoms with Crippen molar-refractivity contribution >= 4 is 62.3 Å². The molecule has 156 valence electrons. The Balaban J connectivity index is 1.82. The third-order valence-corrected chi connectivity index (χ3v) is 5.93. The summed E-state index contributed by atoms with van der Waals surface area (Å²) in [7, 11) is 1.52. The molecule has 2 amide bonds. The lowest BCUT2D eigenvalue weighted by molar-refractivity contribution is -0.122. The number of Topliss-reactive ketones (excluding diaryl/α,β-unsaturated/α-hetero) is 1. The first-order valence-corrected chi connectivity index (χ1v) is 10.9. The molecule has 6 nitrogen and oxygen atoms in total. The third kappa shape index (κ3) is 4.88. The van der Waals surface area contributed by atoms with Crippen LogP contribution in [-0.2, 0) is 4.79 Å². The summed E-state index contributed by atoms with van der Waals surface area (Å²) in [5.74, 6) is 0.186. The molecule has 0 unspecified atom stereocenters. The normalized spacial score (nSPS) is 15.1. The van der Waals surface area contributed by atoms with Gasteiger partial charge in [-0.25, -0.2) is 0 Å². The highest BCUT2D eigenvalue weighted by atomic mass is 79.9. The van der Waals surface area contributed by atoms with Gasteiger partial charge in [0.25, 0.3) is 11.1 Å². The molecule has 0 bridgehead atoms.